The number of fused-ring (bicyclic) bond motifs is 1. The molecule has 2 aromatic rings. The van der Waals surface area contributed by atoms with E-state index in [2.05, 4.69) is 12.2 Å². The minimum atomic E-state index is -1.60. The first-order chi connectivity index (χ1) is 13.2. The van der Waals surface area contributed by atoms with E-state index < -0.39 is 28.6 Å². The molecule has 0 saturated carbocycles. The van der Waals surface area contributed by atoms with Crippen molar-refractivity contribution in [3.05, 3.63) is 39.7 Å². The first-order valence-corrected chi connectivity index (χ1v) is 11.0. The molecular weight excluding hydrogens is 404 g/mol. The summed E-state index contributed by atoms with van der Waals surface area (Å²) in [4.78, 5) is 36.1. The molecule has 4 N–H and O–H groups in total. The van der Waals surface area contributed by atoms with Gasteiger partial charge >= 0.3 is 5.97 Å². The number of primary amides is 1. The van der Waals surface area contributed by atoms with Gasteiger partial charge in [-0.1, -0.05) is 6.92 Å². The zero-order valence-electron chi connectivity index (χ0n) is 15.1. The number of aromatic carboxylic acids is 1. The van der Waals surface area contributed by atoms with Gasteiger partial charge in [-0.15, -0.1) is 11.3 Å². The summed E-state index contributed by atoms with van der Waals surface area (Å²) >= 11 is 1.34. The highest BCUT2D eigenvalue weighted by molar-refractivity contribution is 7.84. The fraction of sp³-hybridized carbons (Fsp3) is 0.389. The Morgan fingerprint density at radius 1 is 1.39 bits per heavy atom. The van der Waals surface area contributed by atoms with Crippen molar-refractivity contribution >= 4 is 44.9 Å². The normalized spacial score (nSPS) is 17.0. The molecule has 0 spiro atoms. The summed E-state index contributed by atoms with van der Waals surface area (Å²) in [5, 5.41) is 11.9. The lowest BCUT2D eigenvalue weighted by Gasteiger charge is -2.18. The van der Waals surface area contributed by atoms with Crippen LogP contribution in [0.1, 0.15) is 50.5 Å². The Labute approximate surface area is 167 Å². The van der Waals surface area contributed by atoms with Crippen LogP contribution in [0.25, 0.3) is 0 Å². The molecule has 0 fully saturated rings. The van der Waals surface area contributed by atoms with Crippen molar-refractivity contribution in [3.8, 4) is 0 Å². The number of anilines is 1. The lowest BCUT2D eigenvalue weighted by Crippen LogP contribution is -2.22. The average Bonchev–Trinajstić information content (AvgIpc) is 3.18. The summed E-state index contributed by atoms with van der Waals surface area (Å²) in [7, 11) is -1.60. The number of carboxylic acids is 1. The summed E-state index contributed by atoms with van der Waals surface area (Å²) in [5.41, 5.74) is 6.78. The third-order valence-corrected chi connectivity index (χ3v) is 6.84. The number of thiophene rings is 1. The number of hydrogen-bond donors (Lipinski definition) is 3. The van der Waals surface area contributed by atoms with Gasteiger partial charge < -0.3 is 20.6 Å². The molecule has 1 aliphatic rings. The number of carbonyl (C=O) groups excluding carboxylic acids is 2. The average molecular weight is 425 g/mol. The third-order valence-electron chi connectivity index (χ3n) is 4.48. The van der Waals surface area contributed by atoms with Crippen LogP contribution >= 0.6 is 11.3 Å². The Kier molecular flexibility index (Phi) is 5.99. The van der Waals surface area contributed by atoms with Gasteiger partial charge in [0.15, 0.2) is 0 Å². The standard InChI is InChI=1S/C18H20N2O6S2/c1-9-2-4-11-13(6-9)27-17(15(11)16(19)22)20-14(21)8-28(25)7-10-3-5-12(26-10)18(23)24/h3,5,9H,2,4,6-8H2,1H3,(H2,19,22)(H,20,21)(H,23,24). The smallest absolute Gasteiger partial charge is 0.371 e. The molecule has 2 atom stereocenters. The molecule has 2 amide bonds. The third kappa shape index (κ3) is 4.50. The van der Waals surface area contributed by atoms with E-state index in [1.54, 1.807) is 0 Å². The van der Waals surface area contributed by atoms with Gasteiger partial charge in [0, 0.05) is 15.7 Å². The van der Waals surface area contributed by atoms with Crippen molar-refractivity contribution in [2.75, 3.05) is 11.1 Å². The summed E-state index contributed by atoms with van der Waals surface area (Å²) < 4.78 is 17.3. The molecule has 2 heterocycles. The van der Waals surface area contributed by atoms with Gasteiger partial charge in [-0.3, -0.25) is 13.8 Å². The van der Waals surface area contributed by atoms with Crippen molar-refractivity contribution in [1.29, 1.82) is 0 Å². The Morgan fingerprint density at radius 2 is 2.14 bits per heavy atom. The van der Waals surface area contributed by atoms with Crippen LogP contribution in [0, 0.1) is 5.92 Å². The van der Waals surface area contributed by atoms with E-state index in [9.17, 15) is 18.6 Å². The fourth-order valence-electron chi connectivity index (χ4n) is 3.19. The van der Waals surface area contributed by atoms with E-state index in [0.717, 1.165) is 29.7 Å². The molecule has 3 rings (SSSR count). The van der Waals surface area contributed by atoms with Gasteiger partial charge in [-0.2, -0.15) is 0 Å². The van der Waals surface area contributed by atoms with Crippen LogP contribution in [0.5, 0.6) is 0 Å². The number of nitrogens with two attached hydrogens (primary N) is 1. The number of carbonyl (C=O) groups is 3. The molecule has 2 aromatic heterocycles. The molecule has 28 heavy (non-hydrogen) atoms. The van der Waals surface area contributed by atoms with E-state index in [4.69, 9.17) is 15.3 Å². The van der Waals surface area contributed by atoms with Crippen LogP contribution in [0.2, 0.25) is 0 Å². The summed E-state index contributed by atoms with van der Waals surface area (Å²) in [6, 6.07) is 2.68. The van der Waals surface area contributed by atoms with Crippen LogP contribution in [0.15, 0.2) is 16.5 Å². The minimum Gasteiger partial charge on any atom is -0.475 e. The van der Waals surface area contributed by atoms with Gasteiger partial charge in [0.2, 0.25) is 11.7 Å². The van der Waals surface area contributed by atoms with Crippen molar-refractivity contribution in [1.82, 2.24) is 0 Å². The molecule has 0 saturated heterocycles. The van der Waals surface area contributed by atoms with Crippen LogP contribution in [0.4, 0.5) is 5.00 Å². The van der Waals surface area contributed by atoms with Gasteiger partial charge in [-0.05, 0) is 42.9 Å². The zero-order chi connectivity index (χ0) is 20.4. The lowest BCUT2D eigenvalue weighted by molar-refractivity contribution is -0.113. The molecule has 10 heteroatoms. The zero-order valence-corrected chi connectivity index (χ0v) is 16.8. The first kappa shape index (κ1) is 20.3. The Hall–Kier alpha value is -2.46. The Morgan fingerprint density at radius 3 is 2.79 bits per heavy atom. The number of furan rings is 1. The number of carboxylic acid groups (broad SMARTS) is 1. The molecule has 2 unspecified atom stereocenters. The molecule has 150 valence electrons. The van der Waals surface area contributed by atoms with E-state index in [0.29, 0.717) is 16.5 Å². The molecule has 1 aliphatic carbocycles. The van der Waals surface area contributed by atoms with Crippen LogP contribution in [0.3, 0.4) is 0 Å². The van der Waals surface area contributed by atoms with Crippen molar-refractivity contribution < 1.29 is 28.1 Å². The number of hydrogen-bond acceptors (Lipinski definition) is 6. The van der Waals surface area contributed by atoms with E-state index in [1.807, 2.05) is 0 Å². The quantitative estimate of drug-likeness (QED) is 0.622. The first-order valence-electron chi connectivity index (χ1n) is 8.65. The highest BCUT2D eigenvalue weighted by atomic mass is 32.2. The molecule has 0 bridgehead atoms. The van der Waals surface area contributed by atoms with Gasteiger partial charge in [0.1, 0.15) is 16.5 Å². The topological polar surface area (TPSA) is 140 Å². The van der Waals surface area contributed by atoms with Crippen molar-refractivity contribution in [2.24, 2.45) is 11.7 Å². The highest BCUT2D eigenvalue weighted by Crippen LogP contribution is 2.39. The Balaban J connectivity index is 1.66. The largest absolute Gasteiger partial charge is 0.475 e. The monoisotopic (exact) mass is 424 g/mol. The maximum Gasteiger partial charge on any atom is 0.371 e. The van der Waals surface area contributed by atoms with Gasteiger partial charge in [-0.25, -0.2) is 4.79 Å². The molecule has 0 aromatic carbocycles. The lowest BCUT2D eigenvalue weighted by atomic mass is 9.88. The molecule has 8 nitrogen and oxygen atoms in total. The summed E-state index contributed by atoms with van der Waals surface area (Å²) in [6.07, 6.45) is 2.55. The Bertz CT molecular complexity index is 961. The fourth-order valence-corrected chi connectivity index (χ4v) is 5.56. The van der Waals surface area contributed by atoms with Crippen LogP contribution in [-0.4, -0.2) is 32.9 Å². The molecular formula is C18H20N2O6S2. The predicted octanol–water partition coefficient (Wildman–Crippen LogP) is 2.15. The van der Waals surface area contributed by atoms with Gasteiger partial charge in [0.05, 0.1) is 11.3 Å². The number of rotatable bonds is 7. The summed E-state index contributed by atoms with van der Waals surface area (Å²) in [5.74, 6) is -2.21. The molecule has 0 radical (unpaired) electrons. The van der Waals surface area contributed by atoms with Crippen LogP contribution < -0.4 is 11.1 Å². The molecule has 0 aliphatic heterocycles. The van der Waals surface area contributed by atoms with Crippen molar-refractivity contribution in [3.63, 3.8) is 0 Å². The second-order valence-electron chi connectivity index (χ2n) is 6.77. The van der Waals surface area contributed by atoms with E-state index in [-0.39, 0.29) is 23.0 Å². The number of amides is 2. The second-order valence-corrected chi connectivity index (χ2v) is 9.33. The van der Waals surface area contributed by atoms with Crippen LogP contribution in [-0.2, 0) is 34.2 Å². The maximum absolute atomic E-state index is 12.3. The maximum atomic E-state index is 12.3. The number of nitrogens with one attached hydrogen (secondary N) is 1. The minimum absolute atomic E-state index is 0.0815. The van der Waals surface area contributed by atoms with E-state index >= 15 is 0 Å². The van der Waals surface area contributed by atoms with Gasteiger partial charge in [0.25, 0.3) is 5.91 Å². The SMILES string of the molecule is CC1CCc2c(sc(NC(=O)CS(=O)Cc3ccc(C(=O)O)o3)c2C(N)=O)C1. The second kappa shape index (κ2) is 8.27. The highest BCUT2D eigenvalue weighted by Gasteiger charge is 2.27. The van der Waals surface area contributed by atoms with Crippen molar-refractivity contribution in [2.45, 2.75) is 31.9 Å². The predicted molar refractivity (Wildman–Crippen MR) is 105 cm³/mol. The van der Waals surface area contributed by atoms with E-state index in [1.165, 1.54) is 23.5 Å². The summed E-state index contributed by atoms with van der Waals surface area (Å²) in [6.45, 7) is 2.14.